The summed E-state index contributed by atoms with van der Waals surface area (Å²) < 4.78 is 20.9. The SMILES string of the molecule is COc1ccc(-c2csc(NC(=O)COC(=O)[C@H](NC(=O)OCc3ccccc3)C(C)C)n2)cc1OC. The number of aromatic nitrogens is 1. The van der Waals surface area contributed by atoms with Crippen LogP contribution in [0.25, 0.3) is 11.3 Å². The van der Waals surface area contributed by atoms with Gasteiger partial charge in [-0.3, -0.25) is 10.1 Å². The number of anilines is 1. The lowest BCUT2D eigenvalue weighted by Crippen LogP contribution is -2.46. The number of thiazole rings is 1. The van der Waals surface area contributed by atoms with Gasteiger partial charge in [0.15, 0.2) is 23.2 Å². The molecule has 196 valence electrons. The summed E-state index contributed by atoms with van der Waals surface area (Å²) in [5.74, 6) is -0.441. The predicted octanol–water partition coefficient (Wildman–Crippen LogP) is 4.26. The van der Waals surface area contributed by atoms with E-state index in [1.807, 2.05) is 36.4 Å². The maximum atomic E-state index is 12.5. The molecule has 2 aromatic carbocycles. The average Bonchev–Trinajstić information content (AvgIpc) is 3.37. The van der Waals surface area contributed by atoms with Crippen LogP contribution in [0.1, 0.15) is 19.4 Å². The van der Waals surface area contributed by atoms with Crippen molar-refractivity contribution < 1.29 is 33.3 Å². The fourth-order valence-electron chi connectivity index (χ4n) is 3.23. The van der Waals surface area contributed by atoms with Crippen molar-refractivity contribution in [3.05, 3.63) is 59.5 Å². The number of alkyl carbamates (subject to hydrolysis) is 1. The van der Waals surface area contributed by atoms with Crippen molar-refractivity contribution in [1.29, 1.82) is 0 Å². The van der Waals surface area contributed by atoms with Gasteiger partial charge in [-0.25, -0.2) is 14.6 Å². The first-order valence-electron chi connectivity index (χ1n) is 11.4. The van der Waals surface area contributed by atoms with Crippen molar-refractivity contribution >= 4 is 34.4 Å². The summed E-state index contributed by atoms with van der Waals surface area (Å²) in [6.45, 7) is 3.02. The van der Waals surface area contributed by atoms with Crippen LogP contribution in [0.5, 0.6) is 11.5 Å². The van der Waals surface area contributed by atoms with E-state index in [9.17, 15) is 14.4 Å². The van der Waals surface area contributed by atoms with Gasteiger partial charge in [-0.05, 0) is 29.7 Å². The Labute approximate surface area is 218 Å². The van der Waals surface area contributed by atoms with Crippen LogP contribution in [0.3, 0.4) is 0 Å². The molecule has 2 N–H and O–H groups in total. The molecule has 1 atom stereocenters. The van der Waals surface area contributed by atoms with Gasteiger partial charge in [0.1, 0.15) is 12.6 Å². The number of hydrogen-bond donors (Lipinski definition) is 2. The molecular formula is C26H29N3O7S. The largest absolute Gasteiger partial charge is 0.493 e. The molecule has 0 aliphatic carbocycles. The maximum Gasteiger partial charge on any atom is 0.408 e. The normalized spacial score (nSPS) is 11.4. The van der Waals surface area contributed by atoms with Gasteiger partial charge in [0.25, 0.3) is 5.91 Å². The van der Waals surface area contributed by atoms with Gasteiger partial charge < -0.3 is 24.3 Å². The van der Waals surface area contributed by atoms with E-state index in [4.69, 9.17) is 18.9 Å². The molecule has 0 fully saturated rings. The van der Waals surface area contributed by atoms with E-state index in [0.717, 1.165) is 11.1 Å². The molecule has 0 radical (unpaired) electrons. The Hall–Kier alpha value is -4.12. The number of carbonyl (C=O) groups excluding carboxylic acids is 3. The molecule has 11 heteroatoms. The first kappa shape index (κ1) is 27.5. The van der Waals surface area contributed by atoms with Crippen molar-refractivity contribution in [2.45, 2.75) is 26.5 Å². The Morgan fingerprint density at radius 1 is 0.973 bits per heavy atom. The molecule has 0 saturated carbocycles. The van der Waals surface area contributed by atoms with E-state index in [0.29, 0.717) is 22.3 Å². The van der Waals surface area contributed by atoms with Crippen molar-refractivity contribution in [3.63, 3.8) is 0 Å². The van der Waals surface area contributed by atoms with E-state index in [1.165, 1.54) is 11.3 Å². The summed E-state index contributed by atoms with van der Waals surface area (Å²) >= 11 is 1.22. The Balaban J connectivity index is 1.50. The van der Waals surface area contributed by atoms with Crippen molar-refractivity contribution in [3.8, 4) is 22.8 Å². The number of methoxy groups -OCH3 is 2. The van der Waals surface area contributed by atoms with Crippen molar-refractivity contribution in [2.75, 3.05) is 26.1 Å². The molecule has 1 aromatic heterocycles. The van der Waals surface area contributed by atoms with Crippen LogP contribution in [-0.4, -0.2) is 49.8 Å². The molecule has 0 saturated heterocycles. The summed E-state index contributed by atoms with van der Waals surface area (Å²) in [5, 5.41) is 7.23. The minimum atomic E-state index is -0.979. The van der Waals surface area contributed by atoms with Gasteiger partial charge in [-0.2, -0.15) is 0 Å². The quantitative estimate of drug-likeness (QED) is 0.355. The predicted molar refractivity (Wildman–Crippen MR) is 139 cm³/mol. The lowest BCUT2D eigenvalue weighted by Gasteiger charge is -2.20. The van der Waals surface area contributed by atoms with E-state index >= 15 is 0 Å². The zero-order valence-electron chi connectivity index (χ0n) is 21.0. The minimum absolute atomic E-state index is 0.0635. The minimum Gasteiger partial charge on any atom is -0.493 e. The summed E-state index contributed by atoms with van der Waals surface area (Å²) in [4.78, 5) is 41.5. The number of amides is 2. The first-order chi connectivity index (χ1) is 17.8. The van der Waals surface area contributed by atoms with E-state index in [1.54, 1.807) is 45.6 Å². The summed E-state index contributed by atoms with van der Waals surface area (Å²) in [7, 11) is 3.10. The van der Waals surface area contributed by atoms with Crippen LogP contribution in [0.2, 0.25) is 0 Å². The summed E-state index contributed by atoms with van der Waals surface area (Å²) in [5.41, 5.74) is 2.23. The van der Waals surface area contributed by atoms with Crippen LogP contribution in [0.4, 0.5) is 9.93 Å². The third-order valence-electron chi connectivity index (χ3n) is 5.18. The molecule has 1 heterocycles. The summed E-state index contributed by atoms with van der Waals surface area (Å²) in [6, 6.07) is 13.6. The molecule has 0 bridgehead atoms. The highest BCUT2D eigenvalue weighted by molar-refractivity contribution is 7.14. The van der Waals surface area contributed by atoms with Crippen LogP contribution >= 0.6 is 11.3 Å². The second-order valence-corrected chi connectivity index (χ2v) is 9.05. The van der Waals surface area contributed by atoms with Gasteiger partial charge in [0.2, 0.25) is 0 Å². The molecule has 0 spiro atoms. The van der Waals surface area contributed by atoms with Crippen LogP contribution in [-0.2, 0) is 25.7 Å². The lowest BCUT2D eigenvalue weighted by atomic mass is 10.1. The van der Waals surface area contributed by atoms with Crippen LogP contribution in [0, 0.1) is 5.92 Å². The second kappa shape index (κ2) is 13.3. The second-order valence-electron chi connectivity index (χ2n) is 8.19. The van der Waals surface area contributed by atoms with Gasteiger partial charge in [-0.15, -0.1) is 11.3 Å². The van der Waals surface area contributed by atoms with Crippen LogP contribution in [0.15, 0.2) is 53.9 Å². The molecule has 3 aromatic rings. The number of nitrogens with one attached hydrogen (secondary N) is 2. The molecule has 3 rings (SSSR count). The number of ether oxygens (including phenoxy) is 4. The van der Waals surface area contributed by atoms with Gasteiger partial charge in [0, 0.05) is 10.9 Å². The van der Waals surface area contributed by atoms with E-state index < -0.39 is 30.6 Å². The molecule has 0 aliphatic heterocycles. The Bertz CT molecular complexity index is 1210. The number of esters is 1. The molecular weight excluding hydrogens is 498 g/mol. The standard InChI is InChI=1S/C26H29N3O7S/c1-16(2)23(29-26(32)36-13-17-8-6-5-7-9-17)24(31)35-14-22(30)28-25-27-19(15-37-25)18-10-11-20(33-3)21(12-18)34-4/h5-12,15-16,23H,13-14H2,1-4H3,(H,29,32)(H,27,28,30)/t23-/m1/s1. The van der Waals surface area contributed by atoms with E-state index in [2.05, 4.69) is 15.6 Å². The molecule has 0 aliphatic rings. The zero-order chi connectivity index (χ0) is 26.8. The first-order valence-corrected chi connectivity index (χ1v) is 12.3. The zero-order valence-corrected chi connectivity index (χ0v) is 21.8. The van der Waals surface area contributed by atoms with Crippen molar-refractivity contribution in [1.82, 2.24) is 10.3 Å². The Morgan fingerprint density at radius 3 is 2.38 bits per heavy atom. The Kier molecular flexibility index (Phi) is 9.84. The highest BCUT2D eigenvalue weighted by Crippen LogP contribution is 2.33. The third-order valence-corrected chi connectivity index (χ3v) is 5.94. The number of carbonyl (C=O) groups is 3. The fourth-order valence-corrected chi connectivity index (χ4v) is 3.97. The highest BCUT2D eigenvalue weighted by Gasteiger charge is 2.27. The van der Waals surface area contributed by atoms with E-state index in [-0.39, 0.29) is 12.5 Å². The monoisotopic (exact) mass is 527 g/mol. The van der Waals surface area contributed by atoms with Gasteiger partial charge >= 0.3 is 12.1 Å². The van der Waals surface area contributed by atoms with Crippen LogP contribution < -0.4 is 20.1 Å². The fraction of sp³-hybridized carbons (Fsp3) is 0.308. The number of benzene rings is 2. The van der Waals surface area contributed by atoms with Gasteiger partial charge in [-0.1, -0.05) is 44.2 Å². The Morgan fingerprint density at radius 2 is 1.70 bits per heavy atom. The number of hydrogen-bond acceptors (Lipinski definition) is 9. The number of nitrogens with zero attached hydrogens (tertiary/aromatic N) is 1. The van der Waals surface area contributed by atoms with Crippen molar-refractivity contribution in [2.24, 2.45) is 5.92 Å². The average molecular weight is 528 g/mol. The highest BCUT2D eigenvalue weighted by atomic mass is 32.1. The van der Waals surface area contributed by atoms with Gasteiger partial charge in [0.05, 0.1) is 19.9 Å². The third kappa shape index (κ3) is 7.94. The summed E-state index contributed by atoms with van der Waals surface area (Å²) in [6.07, 6.45) is -0.755. The molecule has 10 nitrogen and oxygen atoms in total. The maximum absolute atomic E-state index is 12.5. The lowest BCUT2D eigenvalue weighted by molar-refractivity contribution is -0.150. The topological polar surface area (TPSA) is 125 Å². The number of rotatable bonds is 11. The molecule has 37 heavy (non-hydrogen) atoms. The smallest absolute Gasteiger partial charge is 0.408 e. The molecule has 0 unspecified atom stereocenters. The molecule has 2 amide bonds.